The summed E-state index contributed by atoms with van der Waals surface area (Å²) in [7, 11) is 0. The van der Waals surface area contributed by atoms with Crippen LogP contribution in [-0.4, -0.2) is 23.1 Å². The van der Waals surface area contributed by atoms with Crippen LogP contribution in [0.1, 0.15) is 0 Å². The SMILES string of the molecule is FN(OC(F)(Cl)C(F)(F)F)C(F)(F)F. The van der Waals surface area contributed by atoms with Crippen LogP contribution in [0.25, 0.3) is 0 Å². The molecule has 0 aliphatic heterocycles. The number of hydrogen-bond donors (Lipinski definition) is 0. The lowest BCUT2D eigenvalue weighted by atomic mass is 10.6. The Morgan fingerprint density at radius 3 is 1.50 bits per heavy atom. The Kier molecular flexibility index (Phi) is 3.57. The van der Waals surface area contributed by atoms with Crippen LogP contribution in [0.5, 0.6) is 0 Å². The Hall–Kier alpha value is -0.350. The molecule has 0 fully saturated rings. The molecule has 11 heteroatoms. The molecule has 86 valence electrons. The fraction of sp³-hybridized carbons (Fsp3) is 1.00. The van der Waals surface area contributed by atoms with Crippen LogP contribution in [0.15, 0.2) is 0 Å². The van der Waals surface area contributed by atoms with E-state index in [4.69, 9.17) is 0 Å². The number of hydrogen-bond acceptors (Lipinski definition) is 2. The third kappa shape index (κ3) is 3.42. The summed E-state index contributed by atoms with van der Waals surface area (Å²) in [5.74, 6) is 0. The molecule has 0 aromatic rings. The van der Waals surface area contributed by atoms with E-state index in [0.717, 1.165) is 0 Å². The first kappa shape index (κ1) is 13.7. The smallest absolute Gasteiger partial charge is 0.198 e. The molecule has 0 spiro atoms. The highest BCUT2D eigenvalue weighted by molar-refractivity contribution is 6.22. The van der Waals surface area contributed by atoms with Gasteiger partial charge >= 0.3 is 17.8 Å². The normalized spacial score (nSPS) is 18.4. The van der Waals surface area contributed by atoms with Gasteiger partial charge in [0.2, 0.25) is 0 Å². The summed E-state index contributed by atoms with van der Waals surface area (Å²) < 4.78 is 91.4. The molecule has 0 aliphatic rings. The van der Waals surface area contributed by atoms with Crippen LogP contribution in [0.2, 0.25) is 0 Å². The molecular weight excluding hydrogens is 253 g/mol. The highest BCUT2D eigenvalue weighted by Gasteiger charge is 2.61. The van der Waals surface area contributed by atoms with Gasteiger partial charge in [-0.3, -0.25) is 0 Å². The zero-order valence-electron chi connectivity index (χ0n) is 5.76. The maximum atomic E-state index is 12.0. The van der Waals surface area contributed by atoms with Crippen LogP contribution in [-0.2, 0) is 4.84 Å². The van der Waals surface area contributed by atoms with E-state index in [1.165, 1.54) is 0 Å². The minimum Gasteiger partial charge on any atom is -0.198 e. The quantitative estimate of drug-likeness (QED) is 0.247. The second kappa shape index (κ2) is 3.66. The van der Waals surface area contributed by atoms with E-state index in [1.54, 1.807) is 0 Å². The van der Waals surface area contributed by atoms with E-state index < -0.39 is 23.1 Å². The van der Waals surface area contributed by atoms with Crippen LogP contribution >= 0.6 is 11.6 Å². The molecule has 0 amide bonds. The van der Waals surface area contributed by atoms with E-state index in [-0.39, 0.29) is 0 Å². The minimum absolute atomic E-state index is 2.18. The average Bonchev–Trinajstić information content (AvgIpc) is 1.80. The lowest BCUT2D eigenvalue weighted by molar-refractivity contribution is -0.502. The monoisotopic (exact) mass is 253 g/mol. The van der Waals surface area contributed by atoms with Crippen molar-refractivity contribution in [3.63, 3.8) is 0 Å². The van der Waals surface area contributed by atoms with Crippen molar-refractivity contribution >= 4 is 11.6 Å². The van der Waals surface area contributed by atoms with Gasteiger partial charge in [-0.15, -0.1) is 0 Å². The summed E-state index contributed by atoms with van der Waals surface area (Å²) in [6, 6.07) is 0. The second-order valence-electron chi connectivity index (χ2n) is 1.82. The van der Waals surface area contributed by atoms with Crippen molar-refractivity contribution < 1.29 is 40.1 Å². The predicted molar refractivity (Wildman–Crippen MR) is 25.8 cm³/mol. The van der Waals surface area contributed by atoms with Gasteiger partial charge in [0.1, 0.15) is 0 Å². The second-order valence-corrected chi connectivity index (χ2v) is 2.30. The number of halogens is 9. The number of nitrogens with zero attached hydrogens (tertiary/aromatic N) is 1. The van der Waals surface area contributed by atoms with E-state index in [2.05, 4.69) is 16.4 Å². The van der Waals surface area contributed by atoms with Crippen molar-refractivity contribution in [1.29, 1.82) is 0 Å². The summed E-state index contributed by atoms with van der Waals surface area (Å²) in [6.45, 7) is 0. The van der Waals surface area contributed by atoms with Crippen LogP contribution in [0.4, 0.5) is 35.2 Å². The maximum Gasteiger partial charge on any atom is 0.511 e. The van der Waals surface area contributed by atoms with Crippen LogP contribution in [0, 0.1) is 0 Å². The zero-order chi connectivity index (χ0) is 11.8. The first-order chi connectivity index (χ1) is 5.88. The predicted octanol–water partition coefficient (Wildman–Crippen LogP) is 3.05. The zero-order valence-corrected chi connectivity index (χ0v) is 6.51. The van der Waals surface area contributed by atoms with Gasteiger partial charge in [0.05, 0.1) is 5.29 Å². The Morgan fingerprint density at radius 1 is 0.929 bits per heavy atom. The standard InChI is InChI=1S/C3ClF8NO/c4-1(5,2(6,7)8)14-13(12)3(9,10)11. The molecule has 0 aromatic heterocycles. The van der Waals surface area contributed by atoms with Gasteiger partial charge < -0.3 is 0 Å². The summed E-state index contributed by atoms with van der Waals surface area (Å²) in [4.78, 5) is 2.18. The molecule has 0 aromatic carbocycles. The molecule has 0 saturated heterocycles. The van der Waals surface area contributed by atoms with Gasteiger partial charge in [-0.25, -0.2) is 0 Å². The topological polar surface area (TPSA) is 12.5 Å². The minimum atomic E-state index is -6.01. The molecule has 0 N–H and O–H groups in total. The molecular formula is C3ClF8NO. The molecule has 1 atom stereocenters. The van der Waals surface area contributed by atoms with Gasteiger partial charge in [0.15, 0.2) is 0 Å². The Balaban J connectivity index is 4.53. The van der Waals surface area contributed by atoms with Crippen molar-refractivity contribution in [1.82, 2.24) is 5.29 Å². The van der Waals surface area contributed by atoms with Gasteiger partial charge in [0, 0.05) is 0 Å². The lowest BCUT2D eigenvalue weighted by Crippen LogP contribution is -2.45. The Bertz CT molecular complexity index is 198. The van der Waals surface area contributed by atoms with Gasteiger partial charge in [-0.05, 0) is 11.6 Å². The van der Waals surface area contributed by atoms with Crippen molar-refractivity contribution in [2.75, 3.05) is 0 Å². The van der Waals surface area contributed by atoms with Crippen LogP contribution in [0.3, 0.4) is 0 Å². The molecule has 0 aliphatic carbocycles. The number of rotatable bonds is 2. The van der Waals surface area contributed by atoms with Gasteiger partial charge in [-0.1, -0.05) is 4.48 Å². The number of alkyl halides is 8. The Labute approximate surface area is 75.9 Å². The van der Waals surface area contributed by atoms with E-state index in [0.29, 0.717) is 0 Å². The van der Waals surface area contributed by atoms with E-state index in [1.807, 2.05) is 0 Å². The molecule has 0 bridgehead atoms. The van der Waals surface area contributed by atoms with Crippen molar-refractivity contribution in [2.45, 2.75) is 17.8 Å². The summed E-state index contributed by atoms with van der Waals surface area (Å²) >= 11 is 3.82. The first-order valence-electron chi connectivity index (χ1n) is 2.54. The highest BCUT2D eigenvalue weighted by atomic mass is 35.5. The molecule has 0 saturated carbocycles. The molecule has 1 unspecified atom stereocenters. The van der Waals surface area contributed by atoms with Crippen molar-refractivity contribution in [3.8, 4) is 0 Å². The van der Waals surface area contributed by atoms with E-state index in [9.17, 15) is 35.2 Å². The fourth-order valence-electron chi connectivity index (χ4n) is 0.204. The van der Waals surface area contributed by atoms with Gasteiger partial charge in [-0.2, -0.15) is 35.6 Å². The first-order valence-corrected chi connectivity index (χ1v) is 2.92. The fourth-order valence-corrected chi connectivity index (χ4v) is 0.265. The highest BCUT2D eigenvalue weighted by Crippen LogP contribution is 2.41. The maximum absolute atomic E-state index is 12.0. The summed E-state index contributed by atoms with van der Waals surface area (Å²) in [5, 5.41) is -8.06. The largest absolute Gasteiger partial charge is 0.511 e. The Morgan fingerprint density at radius 2 is 1.29 bits per heavy atom. The van der Waals surface area contributed by atoms with Crippen LogP contribution < -0.4 is 0 Å². The number of hydroxylamine groups is 1. The molecule has 14 heavy (non-hydrogen) atoms. The summed E-state index contributed by atoms with van der Waals surface area (Å²) in [6.07, 6.45) is -12.0. The molecule has 0 heterocycles. The molecule has 0 radical (unpaired) electrons. The van der Waals surface area contributed by atoms with Gasteiger partial charge in [0.25, 0.3) is 0 Å². The average molecular weight is 253 g/mol. The lowest BCUT2D eigenvalue weighted by Gasteiger charge is -2.23. The summed E-state index contributed by atoms with van der Waals surface area (Å²) in [5.41, 5.74) is 0. The van der Waals surface area contributed by atoms with Crippen molar-refractivity contribution in [2.24, 2.45) is 0 Å². The molecule has 2 nitrogen and oxygen atoms in total. The van der Waals surface area contributed by atoms with Crippen molar-refractivity contribution in [3.05, 3.63) is 0 Å². The van der Waals surface area contributed by atoms with E-state index >= 15 is 0 Å². The molecule has 0 rings (SSSR count). The third-order valence-electron chi connectivity index (χ3n) is 0.724. The third-order valence-corrected chi connectivity index (χ3v) is 1.01.